The van der Waals surface area contributed by atoms with Crippen molar-refractivity contribution in [3.8, 4) is 22.1 Å². The third-order valence-corrected chi connectivity index (χ3v) is 5.34. The lowest BCUT2D eigenvalue weighted by Gasteiger charge is -2.14. The molecule has 0 aliphatic heterocycles. The standard InChI is InChI=1S/C22H20F2N2O5S/c1-12(21(28)26-20-15(23)5-4-6-16(20)24)31-19(27)10-14-11-32-22(25-14)13-7-8-17(29-2)18(9-13)30-3/h4-9,11-12H,10H2,1-3H3,(H,26,28). The van der Waals surface area contributed by atoms with E-state index in [1.165, 1.54) is 31.4 Å². The quantitative estimate of drug-likeness (QED) is 0.505. The summed E-state index contributed by atoms with van der Waals surface area (Å²) < 4.78 is 42.9. The number of ether oxygens (including phenoxy) is 3. The Balaban J connectivity index is 1.61. The molecule has 1 heterocycles. The first-order valence-corrected chi connectivity index (χ1v) is 10.3. The van der Waals surface area contributed by atoms with E-state index in [-0.39, 0.29) is 6.42 Å². The highest BCUT2D eigenvalue weighted by Gasteiger charge is 2.21. The number of carbonyl (C=O) groups is 2. The maximum atomic E-state index is 13.7. The Kier molecular flexibility index (Phi) is 7.37. The molecule has 0 aliphatic carbocycles. The number of esters is 1. The van der Waals surface area contributed by atoms with E-state index < -0.39 is 35.3 Å². The minimum Gasteiger partial charge on any atom is -0.493 e. The summed E-state index contributed by atoms with van der Waals surface area (Å²) in [4.78, 5) is 28.8. The summed E-state index contributed by atoms with van der Waals surface area (Å²) in [5.74, 6) is -2.28. The fourth-order valence-electron chi connectivity index (χ4n) is 2.77. The zero-order valence-electron chi connectivity index (χ0n) is 17.5. The Morgan fingerprint density at radius 3 is 2.44 bits per heavy atom. The smallest absolute Gasteiger partial charge is 0.312 e. The SMILES string of the molecule is COc1ccc(-c2nc(CC(=O)OC(C)C(=O)Nc3c(F)cccc3F)cs2)cc1OC. The number of hydrogen-bond donors (Lipinski definition) is 1. The van der Waals surface area contributed by atoms with Gasteiger partial charge in [-0.1, -0.05) is 6.07 Å². The second-order valence-electron chi connectivity index (χ2n) is 6.61. The highest BCUT2D eigenvalue weighted by molar-refractivity contribution is 7.13. The van der Waals surface area contributed by atoms with Crippen molar-refractivity contribution >= 4 is 28.9 Å². The van der Waals surface area contributed by atoms with Crippen LogP contribution in [0, 0.1) is 11.6 Å². The summed E-state index contributed by atoms with van der Waals surface area (Å²) in [6.45, 7) is 1.31. The molecule has 168 valence electrons. The predicted octanol–water partition coefficient (Wildman–Crippen LogP) is 4.22. The summed E-state index contributed by atoms with van der Waals surface area (Å²) in [6.07, 6.45) is -1.43. The number of hydrogen-bond acceptors (Lipinski definition) is 7. The molecule has 3 aromatic rings. The van der Waals surface area contributed by atoms with Gasteiger partial charge in [0.25, 0.3) is 5.91 Å². The first-order valence-electron chi connectivity index (χ1n) is 9.43. The summed E-state index contributed by atoms with van der Waals surface area (Å²) >= 11 is 1.33. The van der Waals surface area contributed by atoms with Crippen molar-refractivity contribution in [3.05, 3.63) is 59.1 Å². The van der Waals surface area contributed by atoms with Crippen molar-refractivity contribution in [1.29, 1.82) is 0 Å². The molecule has 10 heteroatoms. The lowest BCUT2D eigenvalue weighted by atomic mass is 10.2. The Labute approximate surface area is 187 Å². The van der Waals surface area contributed by atoms with E-state index in [1.807, 2.05) is 6.07 Å². The van der Waals surface area contributed by atoms with Crippen molar-refractivity contribution in [1.82, 2.24) is 4.98 Å². The van der Waals surface area contributed by atoms with Gasteiger partial charge in [-0.15, -0.1) is 11.3 Å². The van der Waals surface area contributed by atoms with Gasteiger partial charge in [-0.25, -0.2) is 13.8 Å². The number of rotatable bonds is 8. The van der Waals surface area contributed by atoms with Crippen molar-refractivity contribution in [2.75, 3.05) is 19.5 Å². The van der Waals surface area contributed by atoms with Gasteiger partial charge in [0.05, 0.1) is 26.3 Å². The number of aromatic nitrogens is 1. The van der Waals surface area contributed by atoms with Crippen LogP contribution in [-0.4, -0.2) is 37.2 Å². The van der Waals surface area contributed by atoms with Crippen molar-refractivity contribution in [3.63, 3.8) is 0 Å². The number of methoxy groups -OCH3 is 2. The van der Waals surface area contributed by atoms with Gasteiger partial charge in [-0.05, 0) is 37.3 Å². The number of carbonyl (C=O) groups excluding carboxylic acids is 2. The zero-order chi connectivity index (χ0) is 23.3. The Morgan fingerprint density at radius 1 is 1.09 bits per heavy atom. The van der Waals surface area contributed by atoms with Gasteiger partial charge in [0.2, 0.25) is 0 Å². The van der Waals surface area contributed by atoms with E-state index in [9.17, 15) is 18.4 Å². The molecule has 3 rings (SSSR count). The first kappa shape index (κ1) is 23.1. The number of anilines is 1. The molecule has 1 aromatic heterocycles. The minimum absolute atomic E-state index is 0.171. The Morgan fingerprint density at radius 2 is 1.78 bits per heavy atom. The monoisotopic (exact) mass is 462 g/mol. The summed E-state index contributed by atoms with van der Waals surface area (Å²) in [5.41, 5.74) is 0.643. The lowest BCUT2D eigenvalue weighted by Crippen LogP contribution is -2.31. The van der Waals surface area contributed by atoms with Crippen LogP contribution in [0.1, 0.15) is 12.6 Å². The number of benzene rings is 2. The minimum atomic E-state index is -1.26. The van der Waals surface area contributed by atoms with Crippen LogP contribution in [-0.2, 0) is 20.7 Å². The number of halogens is 2. The van der Waals surface area contributed by atoms with Crippen molar-refractivity contribution in [2.45, 2.75) is 19.4 Å². The van der Waals surface area contributed by atoms with E-state index in [0.717, 1.165) is 17.7 Å². The second kappa shape index (κ2) is 10.2. The number of nitrogens with zero attached hydrogens (tertiary/aromatic N) is 1. The van der Waals surface area contributed by atoms with E-state index in [2.05, 4.69) is 10.3 Å². The van der Waals surface area contributed by atoms with E-state index >= 15 is 0 Å². The maximum absolute atomic E-state index is 13.7. The second-order valence-corrected chi connectivity index (χ2v) is 7.47. The van der Waals surface area contributed by atoms with E-state index in [4.69, 9.17) is 14.2 Å². The molecule has 1 atom stereocenters. The molecule has 0 bridgehead atoms. The maximum Gasteiger partial charge on any atom is 0.312 e. The summed E-state index contributed by atoms with van der Waals surface area (Å²) in [7, 11) is 3.07. The number of amides is 1. The normalized spacial score (nSPS) is 11.5. The summed E-state index contributed by atoms with van der Waals surface area (Å²) in [6, 6.07) is 8.53. The fourth-order valence-corrected chi connectivity index (χ4v) is 3.59. The highest BCUT2D eigenvalue weighted by atomic mass is 32.1. The molecule has 0 saturated carbocycles. The fraction of sp³-hybridized carbons (Fsp3) is 0.227. The average Bonchev–Trinajstić information content (AvgIpc) is 3.23. The topological polar surface area (TPSA) is 86.8 Å². The molecule has 1 amide bonds. The van der Waals surface area contributed by atoms with Crippen LogP contribution in [0.25, 0.3) is 10.6 Å². The lowest BCUT2D eigenvalue weighted by molar-refractivity contribution is -0.152. The van der Waals surface area contributed by atoms with Crippen LogP contribution >= 0.6 is 11.3 Å². The third-order valence-electron chi connectivity index (χ3n) is 4.40. The van der Waals surface area contributed by atoms with Gasteiger partial charge in [0.15, 0.2) is 17.6 Å². The van der Waals surface area contributed by atoms with E-state index in [1.54, 1.807) is 24.6 Å². The molecule has 7 nitrogen and oxygen atoms in total. The predicted molar refractivity (Wildman–Crippen MR) is 115 cm³/mol. The molecule has 32 heavy (non-hydrogen) atoms. The van der Waals surface area contributed by atoms with Gasteiger partial charge < -0.3 is 19.5 Å². The van der Waals surface area contributed by atoms with Gasteiger partial charge >= 0.3 is 5.97 Å². The molecule has 0 spiro atoms. The van der Waals surface area contributed by atoms with Crippen LogP contribution in [0.3, 0.4) is 0 Å². The molecule has 0 radical (unpaired) electrons. The zero-order valence-corrected chi connectivity index (χ0v) is 18.3. The average molecular weight is 462 g/mol. The molecular weight excluding hydrogens is 442 g/mol. The Hall–Kier alpha value is -3.53. The van der Waals surface area contributed by atoms with Gasteiger partial charge in [0, 0.05) is 10.9 Å². The largest absolute Gasteiger partial charge is 0.493 e. The Bertz CT molecular complexity index is 1120. The molecule has 2 aromatic carbocycles. The van der Waals surface area contributed by atoms with Crippen LogP contribution in [0.2, 0.25) is 0 Å². The van der Waals surface area contributed by atoms with Crippen LogP contribution in [0.5, 0.6) is 11.5 Å². The van der Waals surface area contributed by atoms with Crippen LogP contribution in [0.15, 0.2) is 41.8 Å². The molecular formula is C22H20F2N2O5S. The van der Waals surface area contributed by atoms with E-state index in [0.29, 0.717) is 22.2 Å². The summed E-state index contributed by atoms with van der Waals surface area (Å²) in [5, 5.41) is 4.45. The highest BCUT2D eigenvalue weighted by Crippen LogP contribution is 2.33. The van der Waals surface area contributed by atoms with Gasteiger partial charge in [-0.2, -0.15) is 0 Å². The number of para-hydroxylation sites is 1. The molecule has 0 saturated heterocycles. The number of nitrogens with one attached hydrogen (secondary N) is 1. The van der Waals surface area contributed by atoms with Gasteiger partial charge in [-0.3, -0.25) is 9.59 Å². The molecule has 1 N–H and O–H groups in total. The van der Waals surface area contributed by atoms with Crippen molar-refractivity contribution < 1.29 is 32.6 Å². The molecule has 1 unspecified atom stereocenters. The third kappa shape index (κ3) is 5.38. The molecule has 0 aliphatic rings. The molecule has 0 fully saturated rings. The van der Waals surface area contributed by atoms with Crippen LogP contribution < -0.4 is 14.8 Å². The first-order chi connectivity index (χ1) is 15.3. The van der Waals surface area contributed by atoms with Crippen molar-refractivity contribution in [2.24, 2.45) is 0 Å². The van der Waals surface area contributed by atoms with Crippen LogP contribution in [0.4, 0.5) is 14.5 Å². The van der Waals surface area contributed by atoms with Gasteiger partial charge in [0.1, 0.15) is 22.3 Å². The number of thiazole rings is 1.